The van der Waals surface area contributed by atoms with Crippen LogP contribution in [0, 0.1) is 0 Å². The molecule has 0 spiro atoms. The normalized spacial score (nSPS) is 18.9. The summed E-state index contributed by atoms with van der Waals surface area (Å²) in [5.74, 6) is 1.79. The van der Waals surface area contributed by atoms with Crippen molar-refractivity contribution in [3.05, 3.63) is 42.5 Å². The second kappa shape index (κ2) is 4.97. The lowest BCUT2D eigenvalue weighted by Gasteiger charge is -2.22. The maximum Gasteiger partial charge on any atom is 0.238 e. The maximum absolute atomic E-state index is 12.0. The summed E-state index contributed by atoms with van der Waals surface area (Å²) in [6.07, 6.45) is 3.25. The molecular weight excluding hydrogens is 264 g/mol. The smallest absolute Gasteiger partial charge is 0.238 e. The van der Waals surface area contributed by atoms with Crippen LogP contribution in [0.3, 0.4) is 0 Å². The number of carbonyl (C=O) groups excluding carboxylic acids is 1. The quantitative estimate of drug-likeness (QED) is 0.862. The summed E-state index contributed by atoms with van der Waals surface area (Å²) < 4.78 is 10.4. The maximum atomic E-state index is 12.0. The molecule has 1 aliphatic rings. The van der Waals surface area contributed by atoms with Gasteiger partial charge in [-0.05, 0) is 18.2 Å². The van der Waals surface area contributed by atoms with Crippen LogP contribution in [0.25, 0.3) is 0 Å². The number of pyridine rings is 1. The monoisotopic (exact) mass is 276 g/mol. The third-order valence-electron chi connectivity index (χ3n) is 2.86. The molecule has 1 unspecified atom stereocenters. The van der Waals surface area contributed by atoms with Crippen LogP contribution in [-0.2, 0) is 4.79 Å². The van der Waals surface area contributed by atoms with E-state index in [0.29, 0.717) is 11.6 Å². The number of nitrogens with zero attached hydrogens (tertiary/aromatic N) is 2. The number of furan rings is 1. The minimum Gasteiger partial charge on any atom is -0.481 e. The number of hydrogen-bond acceptors (Lipinski definition) is 5. The lowest BCUT2D eigenvalue weighted by atomic mass is 10.3. The van der Waals surface area contributed by atoms with Gasteiger partial charge in [0, 0.05) is 6.07 Å². The zero-order valence-corrected chi connectivity index (χ0v) is 11.1. The van der Waals surface area contributed by atoms with Gasteiger partial charge in [-0.2, -0.15) is 0 Å². The van der Waals surface area contributed by atoms with E-state index in [1.165, 1.54) is 0 Å². The second-order valence-corrected chi connectivity index (χ2v) is 5.07. The van der Waals surface area contributed by atoms with E-state index in [1.807, 2.05) is 18.2 Å². The lowest BCUT2D eigenvalue weighted by molar-refractivity contribution is -0.115. The molecule has 1 amide bonds. The first-order chi connectivity index (χ1) is 9.29. The molecule has 0 N–H and O–H groups in total. The Kier molecular flexibility index (Phi) is 3.16. The zero-order valence-electron chi connectivity index (χ0n) is 10.3. The van der Waals surface area contributed by atoms with Gasteiger partial charge in [0.2, 0.25) is 11.8 Å². The molecule has 1 fully saturated rings. The summed E-state index contributed by atoms with van der Waals surface area (Å²) in [6, 6.07) is 7.26. The van der Waals surface area contributed by atoms with E-state index in [4.69, 9.17) is 9.15 Å². The third kappa shape index (κ3) is 2.19. The Bertz CT molecular complexity index is 568. The number of carbonyl (C=O) groups is 1. The number of amides is 1. The summed E-state index contributed by atoms with van der Waals surface area (Å²) >= 11 is 1.54. The van der Waals surface area contributed by atoms with Crippen LogP contribution in [0.15, 0.2) is 41.1 Å². The molecule has 0 aromatic carbocycles. The van der Waals surface area contributed by atoms with Crippen molar-refractivity contribution in [2.75, 3.05) is 17.8 Å². The van der Waals surface area contributed by atoms with Gasteiger partial charge in [-0.25, -0.2) is 4.98 Å². The number of rotatable bonds is 3. The molecule has 1 atom stereocenters. The van der Waals surface area contributed by atoms with Crippen molar-refractivity contribution in [3.63, 3.8) is 0 Å². The first-order valence-corrected chi connectivity index (χ1v) is 6.81. The Balaban J connectivity index is 1.93. The van der Waals surface area contributed by atoms with Crippen LogP contribution in [0.1, 0.15) is 11.1 Å². The van der Waals surface area contributed by atoms with E-state index >= 15 is 0 Å². The fraction of sp³-hybridized carbons (Fsp3) is 0.231. The molecule has 2 aromatic rings. The highest BCUT2D eigenvalue weighted by atomic mass is 32.2. The average Bonchev–Trinajstić information content (AvgIpc) is 3.08. The Hall–Kier alpha value is -1.95. The second-order valence-electron chi connectivity index (χ2n) is 4.00. The SMILES string of the molecule is COc1ccc(N2C(=O)CSC2c2ccco2)cn1. The molecule has 0 bridgehead atoms. The fourth-order valence-electron chi connectivity index (χ4n) is 1.98. The van der Waals surface area contributed by atoms with Gasteiger partial charge >= 0.3 is 0 Å². The van der Waals surface area contributed by atoms with Gasteiger partial charge in [0.25, 0.3) is 0 Å². The van der Waals surface area contributed by atoms with Gasteiger partial charge in [-0.1, -0.05) is 0 Å². The summed E-state index contributed by atoms with van der Waals surface area (Å²) in [5, 5.41) is -0.127. The minimum atomic E-state index is -0.127. The minimum absolute atomic E-state index is 0.0540. The molecule has 98 valence electrons. The molecule has 6 heteroatoms. The number of ether oxygens (including phenoxy) is 1. The molecule has 1 aliphatic heterocycles. The highest BCUT2D eigenvalue weighted by Crippen LogP contribution is 2.41. The molecule has 3 heterocycles. The van der Waals surface area contributed by atoms with Gasteiger partial charge < -0.3 is 9.15 Å². The molecule has 2 aromatic heterocycles. The van der Waals surface area contributed by atoms with Crippen molar-refractivity contribution >= 4 is 23.4 Å². The van der Waals surface area contributed by atoms with Crippen molar-refractivity contribution in [3.8, 4) is 5.88 Å². The Labute approximate surface area is 114 Å². The molecule has 3 rings (SSSR count). The standard InChI is InChI=1S/C13H12N2O3S/c1-17-11-5-4-9(7-14-11)15-12(16)8-19-13(15)10-3-2-6-18-10/h2-7,13H,8H2,1H3. The van der Waals surface area contributed by atoms with Gasteiger partial charge in [-0.15, -0.1) is 11.8 Å². The Morgan fingerprint density at radius 2 is 2.37 bits per heavy atom. The molecule has 0 radical (unpaired) electrons. The van der Waals surface area contributed by atoms with E-state index in [-0.39, 0.29) is 11.3 Å². The van der Waals surface area contributed by atoms with E-state index < -0.39 is 0 Å². The first-order valence-electron chi connectivity index (χ1n) is 5.76. The number of hydrogen-bond donors (Lipinski definition) is 0. The number of anilines is 1. The van der Waals surface area contributed by atoms with Crippen molar-refractivity contribution in [1.82, 2.24) is 4.98 Å². The molecular formula is C13H12N2O3S. The van der Waals surface area contributed by atoms with Crippen molar-refractivity contribution in [2.45, 2.75) is 5.37 Å². The highest BCUT2D eigenvalue weighted by molar-refractivity contribution is 8.00. The largest absolute Gasteiger partial charge is 0.481 e. The molecule has 1 saturated heterocycles. The van der Waals surface area contributed by atoms with Crippen LogP contribution in [0.2, 0.25) is 0 Å². The van der Waals surface area contributed by atoms with Crippen molar-refractivity contribution in [2.24, 2.45) is 0 Å². The van der Waals surface area contributed by atoms with Crippen LogP contribution in [0.4, 0.5) is 5.69 Å². The average molecular weight is 276 g/mol. The number of thioether (sulfide) groups is 1. The topological polar surface area (TPSA) is 55.6 Å². The Morgan fingerprint density at radius 3 is 3.00 bits per heavy atom. The summed E-state index contributed by atoms with van der Waals surface area (Å²) in [5.41, 5.74) is 0.747. The van der Waals surface area contributed by atoms with Gasteiger partial charge in [0.1, 0.15) is 11.1 Å². The summed E-state index contributed by atoms with van der Waals surface area (Å²) in [7, 11) is 1.56. The van der Waals surface area contributed by atoms with Crippen LogP contribution in [0.5, 0.6) is 5.88 Å². The van der Waals surface area contributed by atoms with E-state index in [9.17, 15) is 4.79 Å². The molecule has 0 aliphatic carbocycles. The summed E-state index contributed by atoms with van der Waals surface area (Å²) in [6.45, 7) is 0. The van der Waals surface area contributed by atoms with E-state index in [1.54, 1.807) is 42.3 Å². The van der Waals surface area contributed by atoms with Crippen LogP contribution < -0.4 is 9.64 Å². The van der Waals surface area contributed by atoms with Crippen molar-refractivity contribution < 1.29 is 13.9 Å². The third-order valence-corrected chi connectivity index (χ3v) is 4.03. The summed E-state index contributed by atoms with van der Waals surface area (Å²) in [4.78, 5) is 17.9. The van der Waals surface area contributed by atoms with Crippen LogP contribution in [-0.4, -0.2) is 23.8 Å². The predicted molar refractivity (Wildman–Crippen MR) is 72.2 cm³/mol. The molecule has 5 nitrogen and oxygen atoms in total. The first kappa shape index (κ1) is 12.1. The molecule has 19 heavy (non-hydrogen) atoms. The van der Waals surface area contributed by atoms with Gasteiger partial charge in [-0.3, -0.25) is 9.69 Å². The number of aromatic nitrogens is 1. The Morgan fingerprint density at radius 1 is 1.47 bits per heavy atom. The van der Waals surface area contributed by atoms with Gasteiger partial charge in [0.05, 0.1) is 31.0 Å². The van der Waals surface area contributed by atoms with E-state index in [2.05, 4.69) is 4.98 Å². The predicted octanol–water partition coefficient (Wildman–Crippen LogP) is 2.46. The fourth-order valence-corrected chi connectivity index (χ4v) is 3.11. The number of methoxy groups -OCH3 is 1. The van der Waals surface area contributed by atoms with Crippen molar-refractivity contribution in [1.29, 1.82) is 0 Å². The lowest BCUT2D eigenvalue weighted by Crippen LogP contribution is -2.27. The van der Waals surface area contributed by atoms with Crippen LogP contribution >= 0.6 is 11.8 Å². The highest BCUT2D eigenvalue weighted by Gasteiger charge is 2.35. The zero-order chi connectivity index (χ0) is 13.2. The van der Waals surface area contributed by atoms with Gasteiger partial charge in [0.15, 0.2) is 0 Å². The van der Waals surface area contributed by atoms with E-state index in [0.717, 1.165) is 11.4 Å². The molecule has 0 saturated carbocycles.